The van der Waals surface area contributed by atoms with Gasteiger partial charge in [0.15, 0.2) is 11.6 Å². The quantitative estimate of drug-likeness (QED) is 0.841. The molecule has 0 spiro atoms. The predicted molar refractivity (Wildman–Crippen MR) is 89.2 cm³/mol. The maximum Gasteiger partial charge on any atom is 0.183 e. The number of piperidine rings is 1. The highest BCUT2D eigenvalue weighted by molar-refractivity contribution is 5.62. The monoisotopic (exact) mass is 341 g/mol. The molecule has 0 saturated carbocycles. The molecule has 3 heterocycles. The van der Waals surface area contributed by atoms with E-state index in [-0.39, 0.29) is 17.7 Å². The van der Waals surface area contributed by atoms with Gasteiger partial charge >= 0.3 is 0 Å². The molecule has 0 N–H and O–H groups in total. The Bertz CT molecular complexity index is 834. The number of fused-ring (bicyclic) bond motifs is 1. The Kier molecular flexibility index (Phi) is 3.96. The molecular formula is C18H17F2N5. The van der Waals surface area contributed by atoms with Crippen LogP contribution >= 0.6 is 0 Å². The lowest BCUT2D eigenvalue weighted by molar-refractivity contribution is 0.385. The summed E-state index contributed by atoms with van der Waals surface area (Å²) in [6.45, 7) is 1.97. The Balaban J connectivity index is 1.66. The molecule has 5 nitrogen and oxygen atoms in total. The third kappa shape index (κ3) is 2.68. The Morgan fingerprint density at radius 1 is 1.16 bits per heavy atom. The molecule has 4 rings (SSSR count). The maximum atomic E-state index is 14.4. The zero-order valence-electron chi connectivity index (χ0n) is 13.6. The van der Waals surface area contributed by atoms with Crippen LogP contribution in [0, 0.1) is 28.9 Å². The normalized spacial score (nSPS) is 22.6. The van der Waals surface area contributed by atoms with Crippen molar-refractivity contribution in [2.75, 3.05) is 29.4 Å². The van der Waals surface area contributed by atoms with Crippen molar-refractivity contribution in [2.45, 2.75) is 18.9 Å². The van der Waals surface area contributed by atoms with Gasteiger partial charge < -0.3 is 9.80 Å². The molecule has 0 aliphatic carbocycles. The predicted octanol–water partition coefficient (Wildman–Crippen LogP) is 2.73. The molecule has 0 bridgehead atoms. The molecule has 2 saturated heterocycles. The summed E-state index contributed by atoms with van der Waals surface area (Å²) in [4.78, 5) is 11.6. The van der Waals surface area contributed by atoms with Gasteiger partial charge in [-0.25, -0.2) is 18.7 Å². The summed E-state index contributed by atoms with van der Waals surface area (Å²) < 4.78 is 28.5. The molecule has 0 radical (unpaired) electrons. The van der Waals surface area contributed by atoms with Gasteiger partial charge in [0, 0.05) is 25.7 Å². The van der Waals surface area contributed by atoms with Crippen LogP contribution < -0.4 is 9.80 Å². The number of hydrogen-bond acceptors (Lipinski definition) is 5. The second-order valence-electron chi connectivity index (χ2n) is 6.49. The molecule has 2 unspecified atom stereocenters. The summed E-state index contributed by atoms with van der Waals surface area (Å²) in [5.74, 6) is -0.138. The number of benzene rings is 1. The van der Waals surface area contributed by atoms with Crippen LogP contribution in [0.4, 0.5) is 20.3 Å². The third-order valence-electron chi connectivity index (χ3n) is 5.20. The van der Waals surface area contributed by atoms with E-state index in [1.807, 2.05) is 9.80 Å². The van der Waals surface area contributed by atoms with E-state index in [9.17, 15) is 14.0 Å². The van der Waals surface area contributed by atoms with Crippen molar-refractivity contribution in [3.8, 4) is 6.07 Å². The van der Waals surface area contributed by atoms with Gasteiger partial charge in [-0.3, -0.25) is 0 Å². The van der Waals surface area contributed by atoms with E-state index in [1.165, 1.54) is 12.4 Å². The van der Waals surface area contributed by atoms with E-state index in [0.29, 0.717) is 36.8 Å². The van der Waals surface area contributed by atoms with Gasteiger partial charge in [-0.05, 0) is 30.9 Å². The van der Waals surface area contributed by atoms with E-state index in [2.05, 4.69) is 16.0 Å². The number of hydrogen-bond donors (Lipinski definition) is 0. The van der Waals surface area contributed by atoms with Crippen molar-refractivity contribution in [3.05, 3.63) is 47.9 Å². The summed E-state index contributed by atoms with van der Waals surface area (Å²) in [5.41, 5.74) is 0.702. The van der Waals surface area contributed by atoms with Crippen molar-refractivity contribution in [1.29, 1.82) is 5.26 Å². The van der Waals surface area contributed by atoms with Gasteiger partial charge in [-0.1, -0.05) is 6.07 Å². The summed E-state index contributed by atoms with van der Waals surface area (Å²) in [6.07, 6.45) is 4.33. The van der Waals surface area contributed by atoms with E-state index in [0.717, 1.165) is 19.0 Å². The van der Waals surface area contributed by atoms with Crippen molar-refractivity contribution in [1.82, 2.24) is 9.97 Å². The Hall–Kier alpha value is -2.75. The summed E-state index contributed by atoms with van der Waals surface area (Å²) in [6, 6.07) is 6.69. The molecule has 7 heteroatoms. The van der Waals surface area contributed by atoms with E-state index in [4.69, 9.17) is 0 Å². The molecule has 1 aromatic heterocycles. The highest BCUT2D eigenvalue weighted by atomic mass is 19.1. The first kappa shape index (κ1) is 15.8. The molecule has 0 amide bonds. The van der Waals surface area contributed by atoms with Crippen LogP contribution in [0.2, 0.25) is 0 Å². The smallest absolute Gasteiger partial charge is 0.183 e. The van der Waals surface area contributed by atoms with Gasteiger partial charge in [-0.15, -0.1) is 0 Å². The average Bonchev–Trinajstić information content (AvgIpc) is 3.04. The van der Waals surface area contributed by atoms with Crippen molar-refractivity contribution in [2.24, 2.45) is 5.92 Å². The van der Waals surface area contributed by atoms with Crippen LogP contribution in [0.5, 0.6) is 0 Å². The van der Waals surface area contributed by atoms with Gasteiger partial charge in [-0.2, -0.15) is 5.26 Å². The number of rotatable bonds is 2. The lowest BCUT2D eigenvalue weighted by Gasteiger charge is -2.40. The second-order valence-corrected chi connectivity index (χ2v) is 6.49. The van der Waals surface area contributed by atoms with Crippen LogP contribution in [0.25, 0.3) is 0 Å². The maximum absolute atomic E-state index is 14.4. The standard InChI is InChI=1S/C18H17F2N5/c19-14-3-1-2-13(8-21)17(14)25-7-5-12-4-6-24(10-16(12)25)18-15(20)9-22-11-23-18/h1-3,9,11-12,16H,4-7,10H2. The first-order valence-electron chi connectivity index (χ1n) is 8.34. The highest BCUT2D eigenvalue weighted by Gasteiger charge is 2.40. The van der Waals surface area contributed by atoms with Gasteiger partial charge in [0.1, 0.15) is 18.2 Å². The lowest BCUT2D eigenvalue weighted by Crippen LogP contribution is -2.49. The molecule has 2 aliphatic heterocycles. The minimum absolute atomic E-state index is 0.0344. The number of nitrogens with zero attached hydrogens (tertiary/aromatic N) is 5. The number of aromatic nitrogens is 2. The zero-order valence-corrected chi connectivity index (χ0v) is 13.6. The first-order valence-corrected chi connectivity index (χ1v) is 8.34. The largest absolute Gasteiger partial charge is 0.363 e. The van der Waals surface area contributed by atoms with Crippen molar-refractivity contribution >= 4 is 11.5 Å². The van der Waals surface area contributed by atoms with Crippen LogP contribution in [0.1, 0.15) is 18.4 Å². The van der Waals surface area contributed by atoms with Gasteiger partial charge in [0.25, 0.3) is 0 Å². The fraction of sp³-hybridized carbons (Fsp3) is 0.389. The topological polar surface area (TPSA) is 56.1 Å². The van der Waals surface area contributed by atoms with Gasteiger partial charge in [0.2, 0.25) is 0 Å². The number of nitriles is 1. The SMILES string of the molecule is N#Cc1cccc(F)c1N1CCC2CCN(c3ncncc3F)CC21. The molecule has 128 valence electrons. The Morgan fingerprint density at radius 2 is 2.00 bits per heavy atom. The molecule has 2 atom stereocenters. The third-order valence-corrected chi connectivity index (χ3v) is 5.20. The Labute approximate surface area is 144 Å². The van der Waals surface area contributed by atoms with Gasteiger partial charge in [0.05, 0.1) is 17.4 Å². The number of para-hydroxylation sites is 1. The molecular weight excluding hydrogens is 324 g/mol. The number of anilines is 2. The molecule has 25 heavy (non-hydrogen) atoms. The molecule has 2 fully saturated rings. The fourth-order valence-electron chi connectivity index (χ4n) is 4.05. The molecule has 2 aliphatic rings. The summed E-state index contributed by atoms with van der Waals surface area (Å²) in [7, 11) is 0. The zero-order chi connectivity index (χ0) is 17.4. The van der Waals surface area contributed by atoms with Crippen LogP contribution in [-0.4, -0.2) is 35.6 Å². The van der Waals surface area contributed by atoms with Crippen molar-refractivity contribution < 1.29 is 8.78 Å². The summed E-state index contributed by atoms with van der Waals surface area (Å²) in [5, 5.41) is 9.35. The molecule has 1 aromatic carbocycles. The Morgan fingerprint density at radius 3 is 2.80 bits per heavy atom. The minimum atomic E-state index is -0.450. The summed E-state index contributed by atoms with van der Waals surface area (Å²) >= 11 is 0. The van der Waals surface area contributed by atoms with E-state index >= 15 is 0 Å². The number of halogens is 2. The second kappa shape index (κ2) is 6.28. The highest BCUT2D eigenvalue weighted by Crippen LogP contribution is 2.38. The minimum Gasteiger partial charge on any atom is -0.363 e. The first-order chi connectivity index (χ1) is 12.2. The van der Waals surface area contributed by atoms with Crippen LogP contribution in [-0.2, 0) is 0 Å². The van der Waals surface area contributed by atoms with E-state index in [1.54, 1.807) is 12.1 Å². The van der Waals surface area contributed by atoms with E-state index < -0.39 is 5.82 Å². The van der Waals surface area contributed by atoms with Crippen molar-refractivity contribution in [3.63, 3.8) is 0 Å². The fourth-order valence-corrected chi connectivity index (χ4v) is 4.05. The van der Waals surface area contributed by atoms with Crippen LogP contribution in [0.3, 0.4) is 0 Å². The average molecular weight is 341 g/mol. The van der Waals surface area contributed by atoms with Crippen LogP contribution in [0.15, 0.2) is 30.7 Å². The lowest BCUT2D eigenvalue weighted by atomic mass is 9.92. The molecule has 2 aromatic rings.